The third kappa shape index (κ3) is 4.86. The molecule has 0 aliphatic heterocycles. The molecule has 162 valence electrons. The summed E-state index contributed by atoms with van der Waals surface area (Å²) in [5, 5.41) is 31.3. The van der Waals surface area contributed by atoms with Gasteiger partial charge in [-0.3, -0.25) is 14.1 Å². The molecular weight excluding hydrogens is 450 g/mol. The Morgan fingerprint density at radius 1 is 0.935 bits per heavy atom. The van der Waals surface area contributed by atoms with E-state index in [1.54, 1.807) is 18.2 Å². The molecule has 0 spiro atoms. The van der Waals surface area contributed by atoms with E-state index in [0.717, 1.165) is 25.1 Å². The number of aliphatic imine (C=N–C) groups is 1. The second-order valence-corrected chi connectivity index (χ2v) is 9.02. The molecule has 11 nitrogen and oxygen atoms in total. The van der Waals surface area contributed by atoms with E-state index in [1.165, 1.54) is 12.1 Å². The van der Waals surface area contributed by atoms with Gasteiger partial charge in [0.25, 0.3) is 20.2 Å². The quantitative estimate of drug-likeness (QED) is 0.249. The average Bonchev–Trinajstić information content (AvgIpc) is 2.65. The SMILES string of the molecule is CC([O-])=Nc1cc(S(=O)(=O)O)cc2cc(S(=O)(=O)O)c(N=Nc3ccccc3)c([O-])c12. The number of azo groups is 1. The Labute approximate surface area is 176 Å². The molecule has 0 heterocycles. The van der Waals surface area contributed by atoms with E-state index < -0.39 is 53.0 Å². The van der Waals surface area contributed by atoms with Gasteiger partial charge in [-0.25, -0.2) is 0 Å². The second-order valence-electron chi connectivity index (χ2n) is 6.21. The van der Waals surface area contributed by atoms with Gasteiger partial charge in [0.1, 0.15) is 4.90 Å². The molecule has 0 atom stereocenters. The molecule has 31 heavy (non-hydrogen) atoms. The summed E-state index contributed by atoms with van der Waals surface area (Å²) in [4.78, 5) is 1.90. The van der Waals surface area contributed by atoms with Crippen molar-refractivity contribution in [2.45, 2.75) is 16.7 Å². The Morgan fingerprint density at radius 3 is 2.13 bits per heavy atom. The van der Waals surface area contributed by atoms with Gasteiger partial charge >= 0.3 is 0 Å². The lowest BCUT2D eigenvalue weighted by Crippen LogP contribution is -2.11. The first-order chi connectivity index (χ1) is 14.4. The van der Waals surface area contributed by atoms with Crippen LogP contribution < -0.4 is 10.2 Å². The molecular formula is C18H13N3O8S2-2. The monoisotopic (exact) mass is 463 g/mol. The van der Waals surface area contributed by atoms with Crippen LogP contribution >= 0.6 is 0 Å². The van der Waals surface area contributed by atoms with Crippen molar-refractivity contribution in [3.8, 4) is 5.75 Å². The van der Waals surface area contributed by atoms with Crippen LogP contribution in [-0.2, 0) is 20.2 Å². The van der Waals surface area contributed by atoms with Crippen molar-refractivity contribution in [1.82, 2.24) is 0 Å². The Balaban J connectivity index is 2.45. The lowest BCUT2D eigenvalue weighted by molar-refractivity contribution is -0.264. The zero-order valence-electron chi connectivity index (χ0n) is 15.6. The normalized spacial score (nSPS) is 13.2. The fraction of sp³-hybridized carbons (Fsp3) is 0.0556. The molecule has 3 aromatic carbocycles. The number of hydrogen-bond acceptors (Lipinski definition) is 9. The van der Waals surface area contributed by atoms with Gasteiger partial charge in [-0.05, 0) is 48.5 Å². The summed E-state index contributed by atoms with van der Waals surface area (Å²) in [6.07, 6.45) is 0. The lowest BCUT2D eigenvalue weighted by Gasteiger charge is -2.19. The maximum Gasteiger partial charge on any atom is 0.296 e. The van der Waals surface area contributed by atoms with Crippen LogP contribution in [0.2, 0.25) is 0 Å². The summed E-state index contributed by atoms with van der Waals surface area (Å²) in [7, 11) is -9.80. The van der Waals surface area contributed by atoms with Gasteiger partial charge in [-0.2, -0.15) is 21.9 Å². The van der Waals surface area contributed by atoms with Crippen molar-refractivity contribution in [2.75, 3.05) is 0 Å². The van der Waals surface area contributed by atoms with Crippen LogP contribution in [0.25, 0.3) is 10.8 Å². The van der Waals surface area contributed by atoms with E-state index in [9.17, 15) is 36.2 Å². The fourth-order valence-corrected chi connectivity index (χ4v) is 3.91. The van der Waals surface area contributed by atoms with Crippen molar-refractivity contribution in [3.05, 3.63) is 48.5 Å². The standard InChI is InChI=1S/C18H15N3O8S2/c1-10(22)19-14-9-13(30(24,25)26)7-11-8-15(31(27,28)29)17(18(23)16(11)14)21-20-12-5-3-2-4-6-12/h2-9,23H,1H3,(H,19,22)(H,24,25,26)(H,27,28,29)/p-2. The molecule has 0 aliphatic carbocycles. The summed E-state index contributed by atoms with van der Waals surface area (Å²) in [5.74, 6) is -1.87. The predicted octanol–water partition coefficient (Wildman–Crippen LogP) is 2.23. The maximum absolute atomic E-state index is 13.1. The van der Waals surface area contributed by atoms with E-state index in [4.69, 9.17) is 0 Å². The van der Waals surface area contributed by atoms with Crippen LogP contribution in [0.5, 0.6) is 5.75 Å². The average molecular weight is 463 g/mol. The van der Waals surface area contributed by atoms with Crippen LogP contribution in [0.15, 0.2) is 73.5 Å². The molecule has 3 rings (SSSR count). The van der Waals surface area contributed by atoms with E-state index in [1.807, 2.05) is 0 Å². The summed E-state index contributed by atoms with van der Waals surface area (Å²) in [5.41, 5.74) is -0.919. The Bertz CT molecular complexity index is 1440. The first-order valence-corrected chi connectivity index (χ1v) is 11.2. The first kappa shape index (κ1) is 22.3. The van der Waals surface area contributed by atoms with Crippen molar-refractivity contribution >= 4 is 54.0 Å². The lowest BCUT2D eigenvalue weighted by atomic mass is 10.1. The number of fused-ring (bicyclic) bond motifs is 1. The number of rotatable bonds is 5. The summed E-state index contributed by atoms with van der Waals surface area (Å²) in [6, 6.07) is 10.4. The second kappa shape index (κ2) is 8.03. The minimum absolute atomic E-state index is 0.277. The summed E-state index contributed by atoms with van der Waals surface area (Å²) >= 11 is 0. The highest BCUT2D eigenvalue weighted by Crippen LogP contribution is 2.44. The van der Waals surface area contributed by atoms with E-state index in [-0.39, 0.29) is 16.5 Å². The maximum atomic E-state index is 13.1. The van der Waals surface area contributed by atoms with Crippen molar-refractivity contribution in [2.24, 2.45) is 15.2 Å². The van der Waals surface area contributed by atoms with Crippen molar-refractivity contribution < 1.29 is 36.2 Å². The highest BCUT2D eigenvalue weighted by molar-refractivity contribution is 7.86. The van der Waals surface area contributed by atoms with Crippen molar-refractivity contribution in [3.63, 3.8) is 0 Å². The van der Waals surface area contributed by atoms with Gasteiger partial charge in [-0.15, -0.1) is 5.11 Å². The Morgan fingerprint density at radius 2 is 1.58 bits per heavy atom. The molecule has 0 fully saturated rings. The van der Waals surface area contributed by atoms with Crippen LogP contribution in [-0.4, -0.2) is 31.8 Å². The molecule has 0 radical (unpaired) electrons. The van der Waals surface area contributed by atoms with Gasteiger partial charge < -0.3 is 10.2 Å². The number of nitrogens with zero attached hydrogens (tertiary/aromatic N) is 3. The molecule has 0 aliphatic rings. The van der Waals surface area contributed by atoms with Crippen LogP contribution in [0.1, 0.15) is 6.92 Å². The van der Waals surface area contributed by atoms with Gasteiger partial charge in [0.05, 0.1) is 22.0 Å². The molecule has 0 bridgehead atoms. The van der Waals surface area contributed by atoms with Crippen LogP contribution in [0.4, 0.5) is 17.1 Å². The number of hydrogen-bond donors (Lipinski definition) is 2. The highest BCUT2D eigenvalue weighted by Gasteiger charge is 2.22. The first-order valence-electron chi connectivity index (χ1n) is 8.34. The topological polar surface area (TPSA) is 192 Å². The summed E-state index contributed by atoms with van der Waals surface area (Å²) in [6.45, 7) is 1.04. The van der Waals surface area contributed by atoms with Crippen LogP contribution in [0, 0.1) is 0 Å². The van der Waals surface area contributed by atoms with E-state index in [0.29, 0.717) is 0 Å². The van der Waals surface area contributed by atoms with Crippen molar-refractivity contribution in [1.29, 1.82) is 0 Å². The third-order valence-corrected chi connectivity index (χ3v) is 5.66. The molecule has 2 N–H and O–H groups in total. The Kier molecular flexibility index (Phi) is 5.78. The summed E-state index contributed by atoms with van der Waals surface area (Å²) < 4.78 is 65.8. The largest absolute Gasteiger partial charge is 0.870 e. The minimum atomic E-state index is -5.00. The van der Waals surface area contributed by atoms with Gasteiger partial charge in [-0.1, -0.05) is 23.9 Å². The Hall–Kier alpha value is -3.39. The van der Waals surface area contributed by atoms with E-state index >= 15 is 0 Å². The van der Waals surface area contributed by atoms with Gasteiger partial charge in [0.2, 0.25) is 0 Å². The molecule has 0 unspecified atom stereocenters. The van der Waals surface area contributed by atoms with Gasteiger partial charge in [0.15, 0.2) is 0 Å². The minimum Gasteiger partial charge on any atom is -0.870 e. The van der Waals surface area contributed by atoms with Gasteiger partial charge in [0, 0.05) is 5.39 Å². The molecule has 13 heteroatoms. The molecule has 0 aromatic heterocycles. The molecule has 0 saturated carbocycles. The predicted molar refractivity (Wildman–Crippen MR) is 106 cm³/mol. The molecule has 0 saturated heterocycles. The zero-order chi connectivity index (χ0) is 23.0. The smallest absolute Gasteiger partial charge is 0.296 e. The third-order valence-electron chi connectivity index (χ3n) is 3.96. The molecule has 0 amide bonds. The molecule has 3 aromatic rings. The zero-order valence-corrected chi connectivity index (χ0v) is 17.3. The highest BCUT2D eigenvalue weighted by atomic mass is 32.2. The van der Waals surface area contributed by atoms with Crippen LogP contribution in [0.3, 0.4) is 0 Å². The fourth-order valence-electron chi connectivity index (χ4n) is 2.72. The van der Waals surface area contributed by atoms with E-state index in [2.05, 4.69) is 15.2 Å². The number of benzene rings is 3.